The van der Waals surface area contributed by atoms with Crippen LogP contribution in [0.4, 0.5) is 10.2 Å². The van der Waals surface area contributed by atoms with Crippen LogP contribution in [-0.2, 0) is 7.05 Å². The van der Waals surface area contributed by atoms with Crippen molar-refractivity contribution in [2.45, 2.75) is 6.92 Å². The standard InChI is InChI=1S/C14H14FN3O3/c1-8-6-18(2)17-13(8)16-14(20)10-4-9(7-19)12(21-3)5-11(10)15/h4-7H,1-3H3,(H,16,17,20). The van der Waals surface area contributed by atoms with Crippen molar-refractivity contribution in [3.8, 4) is 5.75 Å². The van der Waals surface area contributed by atoms with E-state index in [0.717, 1.165) is 17.7 Å². The van der Waals surface area contributed by atoms with E-state index in [1.165, 1.54) is 11.8 Å². The third-order valence-corrected chi connectivity index (χ3v) is 2.93. The summed E-state index contributed by atoms with van der Waals surface area (Å²) < 4.78 is 20.3. The summed E-state index contributed by atoms with van der Waals surface area (Å²) in [5.74, 6) is -1.04. The van der Waals surface area contributed by atoms with Crippen LogP contribution in [0.25, 0.3) is 0 Å². The smallest absolute Gasteiger partial charge is 0.259 e. The number of aryl methyl sites for hydroxylation is 2. The quantitative estimate of drug-likeness (QED) is 0.874. The Hall–Kier alpha value is -2.70. The number of carbonyl (C=O) groups is 2. The van der Waals surface area contributed by atoms with Crippen molar-refractivity contribution in [3.63, 3.8) is 0 Å². The fourth-order valence-corrected chi connectivity index (χ4v) is 1.92. The Bertz CT molecular complexity index is 710. The van der Waals surface area contributed by atoms with Crippen LogP contribution in [0, 0.1) is 12.7 Å². The lowest BCUT2D eigenvalue weighted by atomic mass is 10.1. The van der Waals surface area contributed by atoms with Crippen molar-refractivity contribution in [2.24, 2.45) is 7.05 Å². The minimum atomic E-state index is -0.775. The molecular formula is C14H14FN3O3. The van der Waals surface area contributed by atoms with Gasteiger partial charge < -0.3 is 10.1 Å². The van der Waals surface area contributed by atoms with Gasteiger partial charge in [0.05, 0.1) is 18.2 Å². The molecule has 1 aromatic heterocycles. The zero-order valence-electron chi connectivity index (χ0n) is 11.8. The number of hydrogen-bond acceptors (Lipinski definition) is 4. The molecule has 0 bridgehead atoms. The number of amides is 1. The van der Waals surface area contributed by atoms with E-state index >= 15 is 0 Å². The predicted molar refractivity (Wildman–Crippen MR) is 74.2 cm³/mol. The number of carbonyl (C=O) groups excluding carboxylic acids is 2. The summed E-state index contributed by atoms with van der Waals surface area (Å²) in [4.78, 5) is 23.0. The lowest BCUT2D eigenvalue weighted by Gasteiger charge is -2.08. The molecule has 1 N–H and O–H groups in total. The van der Waals surface area contributed by atoms with Crippen LogP contribution < -0.4 is 10.1 Å². The van der Waals surface area contributed by atoms with Gasteiger partial charge in [0.25, 0.3) is 5.91 Å². The molecule has 0 saturated carbocycles. The van der Waals surface area contributed by atoms with Crippen LogP contribution in [0.5, 0.6) is 5.75 Å². The summed E-state index contributed by atoms with van der Waals surface area (Å²) >= 11 is 0. The van der Waals surface area contributed by atoms with Crippen molar-refractivity contribution in [3.05, 3.63) is 40.8 Å². The molecular weight excluding hydrogens is 277 g/mol. The molecule has 1 heterocycles. The number of benzene rings is 1. The molecule has 0 spiro atoms. The second-order valence-corrected chi connectivity index (χ2v) is 4.48. The molecule has 110 valence electrons. The van der Waals surface area contributed by atoms with Crippen LogP contribution >= 0.6 is 0 Å². The monoisotopic (exact) mass is 291 g/mol. The maximum absolute atomic E-state index is 13.9. The number of halogens is 1. The van der Waals surface area contributed by atoms with E-state index in [2.05, 4.69) is 10.4 Å². The molecule has 7 heteroatoms. The first-order chi connectivity index (χ1) is 9.96. The topological polar surface area (TPSA) is 73.2 Å². The molecule has 0 aliphatic heterocycles. The fourth-order valence-electron chi connectivity index (χ4n) is 1.92. The van der Waals surface area contributed by atoms with Gasteiger partial charge >= 0.3 is 0 Å². The molecule has 0 atom stereocenters. The molecule has 0 saturated heterocycles. The summed E-state index contributed by atoms with van der Waals surface area (Å²) in [6.07, 6.45) is 2.22. The lowest BCUT2D eigenvalue weighted by molar-refractivity contribution is 0.102. The van der Waals surface area contributed by atoms with E-state index in [-0.39, 0.29) is 16.9 Å². The number of ether oxygens (including phenoxy) is 1. The Labute approximate surface area is 120 Å². The van der Waals surface area contributed by atoms with Gasteiger partial charge in [-0.25, -0.2) is 4.39 Å². The molecule has 0 aliphatic carbocycles. The number of aromatic nitrogens is 2. The SMILES string of the molecule is COc1cc(F)c(C(=O)Nc2nn(C)cc2C)cc1C=O. The molecule has 0 radical (unpaired) electrons. The average Bonchev–Trinajstić information content (AvgIpc) is 2.76. The Kier molecular flexibility index (Phi) is 4.02. The van der Waals surface area contributed by atoms with Gasteiger partial charge in [-0.05, 0) is 13.0 Å². The van der Waals surface area contributed by atoms with E-state index in [1.54, 1.807) is 20.2 Å². The van der Waals surface area contributed by atoms with Crippen LogP contribution in [0.2, 0.25) is 0 Å². The summed E-state index contributed by atoms with van der Waals surface area (Å²) in [5, 5.41) is 6.56. The van der Waals surface area contributed by atoms with Gasteiger partial charge in [0.1, 0.15) is 11.6 Å². The van der Waals surface area contributed by atoms with Gasteiger partial charge in [-0.1, -0.05) is 0 Å². The van der Waals surface area contributed by atoms with E-state index in [4.69, 9.17) is 4.74 Å². The van der Waals surface area contributed by atoms with Crippen molar-refractivity contribution in [1.29, 1.82) is 0 Å². The summed E-state index contributed by atoms with van der Waals surface area (Å²) in [6, 6.07) is 2.15. The summed E-state index contributed by atoms with van der Waals surface area (Å²) in [7, 11) is 3.03. The largest absolute Gasteiger partial charge is 0.496 e. The second kappa shape index (κ2) is 5.74. The van der Waals surface area contributed by atoms with E-state index in [9.17, 15) is 14.0 Å². The van der Waals surface area contributed by atoms with Crippen LogP contribution in [-0.4, -0.2) is 29.1 Å². The lowest BCUT2D eigenvalue weighted by Crippen LogP contribution is -2.15. The first kappa shape index (κ1) is 14.7. The van der Waals surface area contributed by atoms with E-state index in [1.807, 2.05) is 0 Å². The minimum Gasteiger partial charge on any atom is -0.496 e. The normalized spacial score (nSPS) is 10.3. The third-order valence-electron chi connectivity index (χ3n) is 2.93. The molecule has 2 aromatic rings. The molecule has 0 fully saturated rings. The van der Waals surface area contributed by atoms with E-state index in [0.29, 0.717) is 12.1 Å². The van der Waals surface area contributed by atoms with Gasteiger partial charge in [0, 0.05) is 24.9 Å². The highest BCUT2D eigenvalue weighted by molar-refractivity contribution is 6.05. The number of methoxy groups -OCH3 is 1. The van der Waals surface area contributed by atoms with Crippen molar-refractivity contribution < 1.29 is 18.7 Å². The number of aldehydes is 1. The Balaban J connectivity index is 2.35. The van der Waals surface area contributed by atoms with Crippen molar-refractivity contribution in [1.82, 2.24) is 9.78 Å². The number of rotatable bonds is 4. The highest BCUT2D eigenvalue weighted by Gasteiger charge is 2.18. The summed E-state index contributed by atoms with van der Waals surface area (Å²) in [6.45, 7) is 1.77. The van der Waals surface area contributed by atoms with Crippen molar-refractivity contribution >= 4 is 18.0 Å². The molecule has 1 aromatic carbocycles. The first-order valence-electron chi connectivity index (χ1n) is 6.10. The van der Waals surface area contributed by atoms with Gasteiger partial charge in [0.2, 0.25) is 0 Å². The molecule has 0 unspecified atom stereocenters. The highest BCUT2D eigenvalue weighted by atomic mass is 19.1. The van der Waals surface area contributed by atoms with Crippen LogP contribution in [0.15, 0.2) is 18.3 Å². The van der Waals surface area contributed by atoms with Crippen LogP contribution in [0.1, 0.15) is 26.3 Å². The molecule has 6 nitrogen and oxygen atoms in total. The average molecular weight is 291 g/mol. The Morgan fingerprint density at radius 1 is 1.48 bits per heavy atom. The molecule has 1 amide bonds. The first-order valence-corrected chi connectivity index (χ1v) is 6.10. The minimum absolute atomic E-state index is 0.0769. The maximum atomic E-state index is 13.9. The number of nitrogens with one attached hydrogen (secondary N) is 1. The van der Waals surface area contributed by atoms with Gasteiger partial charge in [-0.2, -0.15) is 5.10 Å². The predicted octanol–water partition coefficient (Wildman–Crippen LogP) is 1.94. The van der Waals surface area contributed by atoms with Gasteiger partial charge in [-0.3, -0.25) is 14.3 Å². The third kappa shape index (κ3) is 2.91. The molecule has 2 rings (SSSR count). The van der Waals surface area contributed by atoms with E-state index < -0.39 is 11.7 Å². The van der Waals surface area contributed by atoms with Crippen LogP contribution in [0.3, 0.4) is 0 Å². The molecule has 21 heavy (non-hydrogen) atoms. The number of nitrogens with zero attached hydrogens (tertiary/aromatic N) is 2. The second-order valence-electron chi connectivity index (χ2n) is 4.48. The van der Waals surface area contributed by atoms with Gasteiger partial charge in [0.15, 0.2) is 12.1 Å². The Morgan fingerprint density at radius 3 is 2.71 bits per heavy atom. The summed E-state index contributed by atoms with van der Waals surface area (Å²) in [5.41, 5.74) is 0.597. The zero-order chi connectivity index (χ0) is 15.6. The maximum Gasteiger partial charge on any atom is 0.259 e. The van der Waals surface area contributed by atoms with Gasteiger partial charge in [-0.15, -0.1) is 0 Å². The van der Waals surface area contributed by atoms with Crippen molar-refractivity contribution in [2.75, 3.05) is 12.4 Å². The fraction of sp³-hybridized carbons (Fsp3) is 0.214. The Morgan fingerprint density at radius 2 is 2.19 bits per heavy atom. The number of anilines is 1. The zero-order valence-corrected chi connectivity index (χ0v) is 11.8. The highest BCUT2D eigenvalue weighted by Crippen LogP contribution is 2.22. The molecule has 0 aliphatic rings. The number of hydrogen-bond donors (Lipinski definition) is 1.